The molecule has 0 atom stereocenters. The second-order valence-corrected chi connectivity index (χ2v) is 9.76. The molecule has 0 saturated heterocycles. The van der Waals surface area contributed by atoms with E-state index in [1.807, 2.05) is 0 Å². The van der Waals surface area contributed by atoms with Crippen molar-refractivity contribution in [2.24, 2.45) is 0 Å². The van der Waals surface area contributed by atoms with Crippen LogP contribution in [0.2, 0.25) is 5.02 Å². The number of sulfonamides is 1. The van der Waals surface area contributed by atoms with E-state index >= 15 is 0 Å². The number of alkyl halides is 3. The summed E-state index contributed by atoms with van der Waals surface area (Å²) in [5.41, 5.74) is -0.755. The molecule has 0 spiro atoms. The summed E-state index contributed by atoms with van der Waals surface area (Å²) in [6.45, 7) is 5.19. The van der Waals surface area contributed by atoms with Gasteiger partial charge in [-0.15, -0.1) is 0 Å². The Morgan fingerprint density at radius 1 is 1.03 bits per heavy atom. The van der Waals surface area contributed by atoms with Crippen molar-refractivity contribution in [3.63, 3.8) is 0 Å². The third-order valence-corrected chi connectivity index (χ3v) is 6.14. The summed E-state index contributed by atoms with van der Waals surface area (Å²) < 4.78 is 65.3. The lowest BCUT2D eigenvalue weighted by Gasteiger charge is -2.21. The SMILES string of the molecule is CC(C)(C)NS(=O)(=O)c1cc(C(=O)NCCc2ccc(C(F)(F)F)cc2)ccc1Cl. The largest absolute Gasteiger partial charge is 0.416 e. The lowest BCUT2D eigenvalue weighted by atomic mass is 10.1. The van der Waals surface area contributed by atoms with Gasteiger partial charge in [0.25, 0.3) is 5.91 Å². The molecule has 0 radical (unpaired) electrons. The van der Waals surface area contributed by atoms with Gasteiger partial charge in [0.05, 0.1) is 10.6 Å². The maximum atomic E-state index is 12.6. The summed E-state index contributed by atoms with van der Waals surface area (Å²) in [6.07, 6.45) is -4.09. The average molecular weight is 463 g/mol. The van der Waals surface area contributed by atoms with Crippen LogP contribution in [0.3, 0.4) is 0 Å². The van der Waals surface area contributed by atoms with E-state index in [-0.39, 0.29) is 22.0 Å². The Labute approximate surface area is 178 Å². The van der Waals surface area contributed by atoms with Crippen molar-refractivity contribution >= 4 is 27.5 Å². The number of carbonyl (C=O) groups is 1. The molecule has 0 fully saturated rings. The van der Waals surface area contributed by atoms with Crippen LogP contribution in [0, 0.1) is 0 Å². The predicted molar refractivity (Wildman–Crippen MR) is 109 cm³/mol. The summed E-state index contributed by atoms with van der Waals surface area (Å²) in [5, 5.41) is 2.60. The quantitative estimate of drug-likeness (QED) is 0.667. The van der Waals surface area contributed by atoms with Gasteiger partial charge in [0.2, 0.25) is 10.0 Å². The third kappa shape index (κ3) is 6.72. The fourth-order valence-corrected chi connectivity index (χ4v) is 4.54. The molecular formula is C20H22ClF3N2O3S. The highest BCUT2D eigenvalue weighted by atomic mass is 35.5. The second kappa shape index (κ2) is 8.95. The van der Waals surface area contributed by atoms with Crippen LogP contribution in [-0.4, -0.2) is 26.4 Å². The number of benzene rings is 2. The van der Waals surface area contributed by atoms with Gasteiger partial charge in [0.1, 0.15) is 4.90 Å². The standard InChI is InChI=1S/C20H22ClF3N2O3S/c1-19(2,3)26-30(28,29)17-12-14(6-9-16(17)21)18(27)25-11-10-13-4-7-15(8-5-13)20(22,23)24/h4-9,12,26H,10-11H2,1-3H3,(H,25,27). The first-order valence-corrected chi connectivity index (χ1v) is 10.8. The van der Waals surface area contributed by atoms with E-state index in [9.17, 15) is 26.4 Å². The van der Waals surface area contributed by atoms with E-state index < -0.39 is 33.2 Å². The number of amides is 1. The average Bonchev–Trinajstić information content (AvgIpc) is 2.59. The van der Waals surface area contributed by atoms with Crippen molar-refractivity contribution in [1.82, 2.24) is 10.0 Å². The molecule has 0 bridgehead atoms. The highest BCUT2D eigenvalue weighted by molar-refractivity contribution is 7.89. The van der Waals surface area contributed by atoms with Gasteiger partial charge in [-0.25, -0.2) is 13.1 Å². The predicted octanol–water partition coefficient (Wildman–Crippen LogP) is 4.41. The molecule has 2 aromatic carbocycles. The zero-order chi connectivity index (χ0) is 22.7. The van der Waals surface area contributed by atoms with Crippen molar-refractivity contribution in [2.45, 2.75) is 43.8 Å². The van der Waals surface area contributed by atoms with Crippen molar-refractivity contribution in [3.8, 4) is 0 Å². The maximum Gasteiger partial charge on any atom is 0.416 e. The van der Waals surface area contributed by atoms with Crippen molar-refractivity contribution in [3.05, 3.63) is 64.2 Å². The zero-order valence-electron chi connectivity index (χ0n) is 16.6. The van der Waals surface area contributed by atoms with Gasteiger partial charge >= 0.3 is 6.18 Å². The van der Waals surface area contributed by atoms with Gasteiger partial charge in [-0.05, 0) is 63.1 Å². The molecule has 5 nitrogen and oxygen atoms in total. The second-order valence-electron chi connectivity index (χ2n) is 7.70. The lowest BCUT2D eigenvalue weighted by Crippen LogP contribution is -2.40. The number of hydrogen-bond acceptors (Lipinski definition) is 3. The number of halogens is 4. The van der Waals surface area contributed by atoms with Crippen molar-refractivity contribution < 1.29 is 26.4 Å². The highest BCUT2D eigenvalue weighted by Crippen LogP contribution is 2.29. The van der Waals surface area contributed by atoms with Crippen LogP contribution in [-0.2, 0) is 22.6 Å². The molecule has 0 aliphatic carbocycles. The minimum Gasteiger partial charge on any atom is -0.352 e. The molecule has 2 N–H and O–H groups in total. The molecule has 0 aliphatic rings. The fourth-order valence-electron chi connectivity index (χ4n) is 2.59. The first kappa shape index (κ1) is 24.2. The van der Waals surface area contributed by atoms with E-state index in [0.29, 0.717) is 12.0 Å². The van der Waals surface area contributed by atoms with Gasteiger partial charge in [-0.3, -0.25) is 4.79 Å². The summed E-state index contributed by atoms with van der Waals surface area (Å²) >= 11 is 6.01. The molecule has 0 unspecified atom stereocenters. The van der Waals surface area contributed by atoms with E-state index in [4.69, 9.17) is 11.6 Å². The monoisotopic (exact) mass is 462 g/mol. The van der Waals surface area contributed by atoms with E-state index in [1.165, 1.54) is 30.3 Å². The number of nitrogens with one attached hydrogen (secondary N) is 2. The summed E-state index contributed by atoms with van der Waals surface area (Å²) in [7, 11) is -3.94. The van der Waals surface area contributed by atoms with Crippen LogP contribution in [0.1, 0.15) is 42.3 Å². The Morgan fingerprint density at radius 2 is 1.63 bits per heavy atom. The van der Waals surface area contributed by atoms with Gasteiger partial charge in [0.15, 0.2) is 0 Å². The molecule has 10 heteroatoms. The molecule has 1 amide bonds. The molecule has 164 valence electrons. The number of hydrogen-bond donors (Lipinski definition) is 2. The summed E-state index contributed by atoms with van der Waals surface area (Å²) in [5.74, 6) is -0.522. The Hall–Kier alpha value is -2.10. The van der Waals surface area contributed by atoms with Crippen molar-refractivity contribution in [2.75, 3.05) is 6.54 Å². The van der Waals surface area contributed by atoms with E-state index in [2.05, 4.69) is 10.0 Å². The number of carbonyl (C=O) groups excluding carboxylic acids is 1. The highest BCUT2D eigenvalue weighted by Gasteiger charge is 2.30. The van der Waals surface area contributed by atoms with Gasteiger partial charge in [0, 0.05) is 17.6 Å². The normalized spacial score (nSPS) is 12.6. The molecule has 30 heavy (non-hydrogen) atoms. The van der Waals surface area contributed by atoms with Crippen LogP contribution in [0.5, 0.6) is 0 Å². The third-order valence-electron chi connectivity index (χ3n) is 3.90. The first-order valence-electron chi connectivity index (χ1n) is 8.97. The molecule has 0 heterocycles. The molecule has 0 saturated carbocycles. The maximum absolute atomic E-state index is 12.6. The van der Waals surface area contributed by atoms with Gasteiger partial charge in [-0.1, -0.05) is 23.7 Å². The summed E-state index contributed by atoms with van der Waals surface area (Å²) in [6, 6.07) is 8.56. The molecule has 0 aliphatic heterocycles. The van der Waals surface area contributed by atoms with Crippen LogP contribution in [0.4, 0.5) is 13.2 Å². The number of rotatable bonds is 6. The topological polar surface area (TPSA) is 75.3 Å². The minimum absolute atomic E-state index is 0.0203. The van der Waals surface area contributed by atoms with Crippen LogP contribution in [0.25, 0.3) is 0 Å². The first-order chi connectivity index (χ1) is 13.7. The fraction of sp³-hybridized carbons (Fsp3) is 0.350. The Morgan fingerprint density at radius 3 is 2.17 bits per heavy atom. The van der Waals surface area contributed by atoms with Crippen LogP contribution in [0.15, 0.2) is 47.4 Å². The lowest BCUT2D eigenvalue weighted by molar-refractivity contribution is -0.137. The Bertz CT molecular complexity index is 1020. The molecular weight excluding hydrogens is 441 g/mol. The summed E-state index contributed by atoms with van der Waals surface area (Å²) in [4.78, 5) is 12.2. The Kier molecular flexibility index (Phi) is 7.21. The van der Waals surface area contributed by atoms with Crippen molar-refractivity contribution in [1.29, 1.82) is 0 Å². The van der Waals surface area contributed by atoms with Gasteiger partial charge < -0.3 is 5.32 Å². The van der Waals surface area contributed by atoms with E-state index in [0.717, 1.165) is 12.1 Å². The smallest absolute Gasteiger partial charge is 0.352 e. The van der Waals surface area contributed by atoms with Gasteiger partial charge in [-0.2, -0.15) is 13.2 Å². The van der Waals surface area contributed by atoms with Crippen LogP contribution < -0.4 is 10.0 Å². The van der Waals surface area contributed by atoms with E-state index in [1.54, 1.807) is 20.8 Å². The van der Waals surface area contributed by atoms with Crippen LogP contribution >= 0.6 is 11.6 Å². The molecule has 2 aromatic rings. The minimum atomic E-state index is -4.40. The Balaban J connectivity index is 2.06. The molecule has 2 rings (SSSR count). The molecule has 0 aromatic heterocycles. The zero-order valence-corrected chi connectivity index (χ0v) is 18.2.